The molecular formula is C24H15BrCl2FN3O4S. The first-order valence-electron chi connectivity index (χ1n) is 10.1. The Kier molecular flexibility index (Phi) is 7.79. The smallest absolute Gasteiger partial charge is 0.261 e. The molecule has 1 heterocycles. The van der Waals surface area contributed by atoms with Crippen LogP contribution in [-0.4, -0.2) is 19.3 Å². The van der Waals surface area contributed by atoms with Crippen LogP contribution in [0.3, 0.4) is 0 Å². The van der Waals surface area contributed by atoms with Gasteiger partial charge in [-0.1, -0.05) is 35.3 Å². The second-order valence-electron chi connectivity index (χ2n) is 7.23. The van der Waals surface area contributed by atoms with Gasteiger partial charge in [-0.2, -0.15) is 4.39 Å². The maximum atomic E-state index is 13.3. The van der Waals surface area contributed by atoms with Crippen molar-refractivity contribution in [2.24, 2.45) is 0 Å². The highest BCUT2D eigenvalue weighted by Crippen LogP contribution is 2.30. The number of nitrogens with one attached hydrogen (secondary N) is 2. The van der Waals surface area contributed by atoms with Gasteiger partial charge in [-0.05, 0) is 82.7 Å². The van der Waals surface area contributed by atoms with E-state index in [0.717, 1.165) is 6.07 Å². The SMILES string of the molecule is O=C(Nc1ccc(F)nc1Br)c1cc(Cl)ccc1NS(=O)(=O)c1ccc(Oc2ccccc2Cl)cc1. The highest BCUT2D eigenvalue weighted by molar-refractivity contribution is 9.10. The lowest BCUT2D eigenvalue weighted by Crippen LogP contribution is -2.19. The summed E-state index contributed by atoms with van der Waals surface area (Å²) in [5.74, 6) is -0.619. The molecule has 1 amide bonds. The van der Waals surface area contributed by atoms with Crippen LogP contribution in [0.2, 0.25) is 10.0 Å². The van der Waals surface area contributed by atoms with Gasteiger partial charge in [-0.3, -0.25) is 9.52 Å². The van der Waals surface area contributed by atoms with Gasteiger partial charge in [0.15, 0.2) is 0 Å². The monoisotopic (exact) mass is 609 g/mol. The van der Waals surface area contributed by atoms with Gasteiger partial charge >= 0.3 is 0 Å². The average Bonchev–Trinajstić information content (AvgIpc) is 2.83. The summed E-state index contributed by atoms with van der Waals surface area (Å²) < 4.78 is 47.5. The van der Waals surface area contributed by atoms with Crippen molar-refractivity contribution < 1.29 is 22.3 Å². The molecule has 0 spiro atoms. The number of amides is 1. The second-order valence-corrected chi connectivity index (χ2v) is 10.5. The lowest BCUT2D eigenvalue weighted by atomic mass is 10.1. The van der Waals surface area contributed by atoms with E-state index in [0.29, 0.717) is 16.5 Å². The maximum absolute atomic E-state index is 13.3. The van der Waals surface area contributed by atoms with Crippen molar-refractivity contribution in [1.29, 1.82) is 0 Å². The van der Waals surface area contributed by atoms with E-state index in [1.54, 1.807) is 24.3 Å². The van der Waals surface area contributed by atoms with Gasteiger partial charge < -0.3 is 10.1 Å². The Bertz CT molecular complexity index is 1550. The molecule has 4 rings (SSSR count). The number of carbonyl (C=O) groups excluding carboxylic acids is 1. The highest BCUT2D eigenvalue weighted by atomic mass is 79.9. The van der Waals surface area contributed by atoms with Crippen molar-refractivity contribution in [2.75, 3.05) is 10.0 Å². The number of sulfonamides is 1. The Morgan fingerprint density at radius 2 is 1.64 bits per heavy atom. The third kappa shape index (κ3) is 6.14. The quantitative estimate of drug-likeness (QED) is 0.217. The Morgan fingerprint density at radius 3 is 2.33 bits per heavy atom. The Balaban J connectivity index is 1.56. The zero-order valence-corrected chi connectivity index (χ0v) is 21.9. The fourth-order valence-electron chi connectivity index (χ4n) is 3.03. The minimum Gasteiger partial charge on any atom is -0.456 e. The van der Waals surface area contributed by atoms with Crippen molar-refractivity contribution in [1.82, 2.24) is 4.98 Å². The first kappa shape index (κ1) is 25.9. The summed E-state index contributed by atoms with van der Waals surface area (Å²) in [6.45, 7) is 0. The van der Waals surface area contributed by atoms with Crippen LogP contribution in [0.15, 0.2) is 88.4 Å². The van der Waals surface area contributed by atoms with E-state index < -0.39 is 21.9 Å². The molecule has 0 aliphatic carbocycles. The van der Waals surface area contributed by atoms with Gasteiger partial charge in [0.25, 0.3) is 15.9 Å². The molecule has 3 aromatic carbocycles. The maximum Gasteiger partial charge on any atom is 0.261 e. The lowest BCUT2D eigenvalue weighted by Gasteiger charge is -2.14. The Hall–Kier alpha value is -3.18. The summed E-state index contributed by atoms with van der Waals surface area (Å²) in [6.07, 6.45) is 0. The molecule has 0 atom stereocenters. The number of aromatic nitrogens is 1. The normalized spacial score (nSPS) is 11.1. The first-order chi connectivity index (χ1) is 17.1. The molecule has 7 nitrogen and oxygen atoms in total. The van der Waals surface area contributed by atoms with Crippen molar-refractivity contribution in [3.05, 3.63) is 105 Å². The number of ether oxygens (including phenoxy) is 1. The molecule has 12 heteroatoms. The fourth-order valence-corrected chi connectivity index (χ4v) is 4.86. The standard InChI is InChI=1S/C24H15BrCl2FN3O4S/c25-23-20(11-12-22(28)30-23)29-24(32)17-13-14(26)5-10-19(17)31-36(33,34)16-8-6-15(7-9-16)35-21-4-2-1-3-18(21)27/h1-13,31H,(H,29,32). The van der Waals surface area contributed by atoms with Crippen molar-refractivity contribution in [3.8, 4) is 11.5 Å². The van der Waals surface area contributed by atoms with E-state index in [2.05, 4.69) is 31.0 Å². The van der Waals surface area contributed by atoms with E-state index in [1.807, 2.05) is 0 Å². The van der Waals surface area contributed by atoms with Crippen molar-refractivity contribution in [3.63, 3.8) is 0 Å². The third-order valence-electron chi connectivity index (χ3n) is 4.73. The summed E-state index contributed by atoms with van der Waals surface area (Å²) in [4.78, 5) is 16.4. The van der Waals surface area contributed by atoms with Gasteiger partial charge in [0.05, 0.1) is 26.9 Å². The highest BCUT2D eigenvalue weighted by Gasteiger charge is 2.20. The van der Waals surface area contributed by atoms with Crippen LogP contribution >= 0.6 is 39.1 Å². The molecule has 0 aliphatic heterocycles. The molecule has 0 aliphatic rings. The zero-order valence-electron chi connectivity index (χ0n) is 18.0. The molecule has 2 N–H and O–H groups in total. The first-order valence-corrected chi connectivity index (χ1v) is 13.1. The molecule has 4 aromatic rings. The number of carbonyl (C=O) groups is 1. The van der Waals surface area contributed by atoms with E-state index in [1.165, 1.54) is 48.5 Å². The molecule has 1 aromatic heterocycles. The number of halogens is 4. The van der Waals surface area contributed by atoms with Crippen LogP contribution in [0.1, 0.15) is 10.4 Å². The molecule has 0 radical (unpaired) electrons. The van der Waals surface area contributed by atoms with Crippen LogP contribution in [0.4, 0.5) is 15.8 Å². The summed E-state index contributed by atoms with van der Waals surface area (Å²) in [5.41, 5.74) is 0.116. The van der Waals surface area contributed by atoms with Crippen molar-refractivity contribution in [2.45, 2.75) is 4.90 Å². The number of hydrogen-bond acceptors (Lipinski definition) is 5. The third-order valence-corrected chi connectivity index (χ3v) is 7.27. The molecule has 0 saturated carbocycles. The molecular weight excluding hydrogens is 596 g/mol. The van der Waals surface area contributed by atoms with E-state index in [-0.39, 0.29) is 31.5 Å². The van der Waals surface area contributed by atoms with Gasteiger partial charge in [-0.15, -0.1) is 0 Å². The fraction of sp³-hybridized carbons (Fsp3) is 0. The van der Waals surface area contributed by atoms with Crippen LogP contribution in [0.25, 0.3) is 0 Å². The van der Waals surface area contributed by atoms with Gasteiger partial charge in [0, 0.05) is 5.02 Å². The number of anilines is 2. The zero-order chi connectivity index (χ0) is 25.9. The number of benzene rings is 3. The van der Waals surface area contributed by atoms with Crippen LogP contribution in [-0.2, 0) is 10.0 Å². The predicted molar refractivity (Wildman–Crippen MR) is 140 cm³/mol. The van der Waals surface area contributed by atoms with Crippen LogP contribution in [0.5, 0.6) is 11.5 Å². The van der Waals surface area contributed by atoms with Crippen LogP contribution in [0, 0.1) is 5.95 Å². The number of para-hydroxylation sites is 1. The summed E-state index contributed by atoms with van der Waals surface area (Å²) in [6, 6.07) is 19.0. The molecule has 0 unspecified atom stereocenters. The van der Waals surface area contributed by atoms with E-state index in [9.17, 15) is 17.6 Å². The lowest BCUT2D eigenvalue weighted by molar-refractivity contribution is 0.102. The predicted octanol–water partition coefficient (Wildman–Crippen LogP) is 7.14. The minimum atomic E-state index is -4.09. The Morgan fingerprint density at radius 1 is 0.944 bits per heavy atom. The summed E-state index contributed by atoms with van der Waals surface area (Å²) >= 11 is 15.2. The minimum absolute atomic E-state index is 0.0144. The molecule has 184 valence electrons. The average molecular weight is 611 g/mol. The van der Waals surface area contributed by atoms with Crippen LogP contribution < -0.4 is 14.8 Å². The molecule has 0 fully saturated rings. The molecule has 0 saturated heterocycles. The molecule has 0 bridgehead atoms. The summed E-state index contributed by atoms with van der Waals surface area (Å²) in [5, 5.41) is 3.17. The number of hydrogen-bond donors (Lipinski definition) is 2. The number of rotatable bonds is 7. The molecule has 36 heavy (non-hydrogen) atoms. The van der Waals surface area contributed by atoms with Gasteiger partial charge in [0.1, 0.15) is 16.1 Å². The largest absolute Gasteiger partial charge is 0.456 e. The Labute approximate surface area is 224 Å². The van der Waals surface area contributed by atoms with Gasteiger partial charge in [-0.25, -0.2) is 13.4 Å². The summed E-state index contributed by atoms with van der Waals surface area (Å²) in [7, 11) is -4.09. The second kappa shape index (κ2) is 10.8. The van der Waals surface area contributed by atoms with Gasteiger partial charge in [0.2, 0.25) is 5.95 Å². The van der Waals surface area contributed by atoms with Crippen molar-refractivity contribution >= 4 is 66.4 Å². The number of nitrogens with zero attached hydrogens (tertiary/aromatic N) is 1. The number of pyridine rings is 1. The van der Waals surface area contributed by atoms with E-state index >= 15 is 0 Å². The van der Waals surface area contributed by atoms with E-state index in [4.69, 9.17) is 27.9 Å². The topological polar surface area (TPSA) is 97.4 Å².